The summed E-state index contributed by atoms with van der Waals surface area (Å²) in [6.45, 7) is 7.11. The van der Waals surface area contributed by atoms with Crippen LogP contribution in [-0.2, 0) is 6.54 Å². The van der Waals surface area contributed by atoms with Gasteiger partial charge in [0.1, 0.15) is 5.75 Å². The molecule has 0 amide bonds. The third-order valence-electron chi connectivity index (χ3n) is 4.90. The van der Waals surface area contributed by atoms with Crippen LogP contribution in [0.15, 0.2) is 36.4 Å². The standard InChI is InChI=1S/C19H28N2O/c1-22-19-9-5-8-18(14-19)16-21-12-10-20(11-13-21)15-17-6-3-2-4-7-17/h2-3,5,8-9,14,17H,4,6-7,10-13,15-16H2,1H3/t17-/m0/s1. The highest BCUT2D eigenvalue weighted by molar-refractivity contribution is 5.28. The van der Waals surface area contributed by atoms with Crippen molar-refractivity contribution in [2.45, 2.75) is 25.8 Å². The topological polar surface area (TPSA) is 15.7 Å². The summed E-state index contributed by atoms with van der Waals surface area (Å²) in [6.07, 6.45) is 8.64. The van der Waals surface area contributed by atoms with Gasteiger partial charge in [-0.2, -0.15) is 0 Å². The fourth-order valence-corrected chi connectivity index (χ4v) is 3.55. The molecule has 1 aliphatic heterocycles. The van der Waals surface area contributed by atoms with E-state index >= 15 is 0 Å². The molecule has 1 atom stereocenters. The molecule has 2 aliphatic rings. The van der Waals surface area contributed by atoms with E-state index in [-0.39, 0.29) is 0 Å². The smallest absolute Gasteiger partial charge is 0.119 e. The van der Waals surface area contributed by atoms with Gasteiger partial charge in [-0.1, -0.05) is 24.3 Å². The highest BCUT2D eigenvalue weighted by Crippen LogP contribution is 2.20. The molecule has 1 saturated heterocycles. The second-order valence-electron chi connectivity index (χ2n) is 6.58. The maximum Gasteiger partial charge on any atom is 0.119 e. The number of nitrogens with zero attached hydrogens (tertiary/aromatic N) is 2. The van der Waals surface area contributed by atoms with Crippen LogP contribution >= 0.6 is 0 Å². The lowest BCUT2D eigenvalue weighted by atomic mass is 9.94. The van der Waals surface area contributed by atoms with Crippen LogP contribution in [0.5, 0.6) is 5.75 Å². The molecule has 120 valence electrons. The van der Waals surface area contributed by atoms with Crippen molar-refractivity contribution in [3.63, 3.8) is 0 Å². The maximum atomic E-state index is 5.31. The number of benzene rings is 1. The summed E-state index contributed by atoms with van der Waals surface area (Å²) in [6, 6.07) is 8.45. The van der Waals surface area contributed by atoms with Gasteiger partial charge in [0, 0.05) is 39.3 Å². The van der Waals surface area contributed by atoms with Crippen molar-refractivity contribution in [3.05, 3.63) is 42.0 Å². The molecule has 0 aromatic heterocycles. The Labute approximate surface area is 134 Å². The molecule has 1 aliphatic carbocycles. The molecule has 0 radical (unpaired) electrons. The van der Waals surface area contributed by atoms with Gasteiger partial charge < -0.3 is 9.64 Å². The Morgan fingerprint density at radius 3 is 2.64 bits per heavy atom. The molecule has 1 heterocycles. The number of rotatable bonds is 5. The second kappa shape index (κ2) is 7.80. The van der Waals surface area contributed by atoms with Crippen LogP contribution in [0.4, 0.5) is 0 Å². The van der Waals surface area contributed by atoms with Crippen molar-refractivity contribution in [1.82, 2.24) is 9.80 Å². The molecule has 0 bridgehead atoms. The number of hydrogen-bond donors (Lipinski definition) is 0. The van der Waals surface area contributed by atoms with Crippen molar-refractivity contribution in [1.29, 1.82) is 0 Å². The molecule has 3 heteroatoms. The Morgan fingerprint density at radius 1 is 1.09 bits per heavy atom. The molecule has 0 unspecified atom stereocenters. The summed E-state index contributed by atoms with van der Waals surface area (Å²) in [4.78, 5) is 5.22. The lowest BCUT2D eigenvalue weighted by Gasteiger charge is -2.36. The molecule has 1 aromatic carbocycles. The zero-order chi connectivity index (χ0) is 15.2. The molecule has 0 N–H and O–H groups in total. The molecule has 3 rings (SSSR count). The average Bonchev–Trinajstić information content (AvgIpc) is 2.58. The Bertz CT molecular complexity index is 492. The van der Waals surface area contributed by atoms with Crippen LogP contribution in [0.3, 0.4) is 0 Å². The summed E-state index contributed by atoms with van der Waals surface area (Å²) in [5.41, 5.74) is 1.35. The predicted molar refractivity (Wildman–Crippen MR) is 91.2 cm³/mol. The van der Waals surface area contributed by atoms with Gasteiger partial charge in [-0.3, -0.25) is 4.90 Å². The number of piperazine rings is 1. The van der Waals surface area contributed by atoms with Crippen LogP contribution in [0.25, 0.3) is 0 Å². The first kappa shape index (κ1) is 15.6. The van der Waals surface area contributed by atoms with Crippen LogP contribution in [-0.4, -0.2) is 49.6 Å². The third-order valence-corrected chi connectivity index (χ3v) is 4.90. The summed E-state index contributed by atoms with van der Waals surface area (Å²) in [5, 5.41) is 0. The second-order valence-corrected chi connectivity index (χ2v) is 6.58. The summed E-state index contributed by atoms with van der Waals surface area (Å²) in [5.74, 6) is 1.84. The van der Waals surface area contributed by atoms with E-state index in [4.69, 9.17) is 4.74 Å². The van der Waals surface area contributed by atoms with Crippen molar-refractivity contribution >= 4 is 0 Å². The first-order valence-electron chi connectivity index (χ1n) is 8.56. The van der Waals surface area contributed by atoms with Crippen LogP contribution in [0.1, 0.15) is 24.8 Å². The minimum atomic E-state index is 0.884. The van der Waals surface area contributed by atoms with Crippen molar-refractivity contribution in [2.24, 2.45) is 5.92 Å². The molecule has 0 saturated carbocycles. The van der Waals surface area contributed by atoms with E-state index in [9.17, 15) is 0 Å². The third kappa shape index (κ3) is 4.34. The van der Waals surface area contributed by atoms with E-state index in [1.165, 1.54) is 57.5 Å². The fraction of sp³-hybridized carbons (Fsp3) is 0.579. The van der Waals surface area contributed by atoms with Gasteiger partial charge in [-0.25, -0.2) is 0 Å². The first-order valence-corrected chi connectivity index (χ1v) is 8.56. The quantitative estimate of drug-likeness (QED) is 0.777. The van der Waals surface area contributed by atoms with Gasteiger partial charge in [0.15, 0.2) is 0 Å². The zero-order valence-corrected chi connectivity index (χ0v) is 13.7. The summed E-state index contributed by atoms with van der Waals surface area (Å²) in [7, 11) is 1.73. The summed E-state index contributed by atoms with van der Waals surface area (Å²) < 4.78 is 5.31. The van der Waals surface area contributed by atoms with Crippen molar-refractivity contribution < 1.29 is 4.74 Å². The Balaban J connectivity index is 1.44. The molecule has 22 heavy (non-hydrogen) atoms. The maximum absolute atomic E-state index is 5.31. The first-order chi connectivity index (χ1) is 10.8. The Hall–Kier alpha value is -1.32. The molecule has 1 fully saturated rings. The highest BCUT2D eigenvalue weighted by atomic mass is 16.5. The SMILES string of the molecule is COc1cccc(CN2CCN(C[C@H]3CC=CCC3)CC2)c1. The monoisotopic (exact) mass is 300 g/mol. The largest absolute Gasteiger partial charge is 0.497 e. The van der Waals surface area contributed by atoms with Gasteiger partial charge in [-0.15, -0.1) is 0 Å². The van der Waals surface area contributed by atoms with Gasteiger partial charge in [0.2, 0.25) is 0 Å². The minimum absolute atomic E-state index is 0.884. The highest BCUT2D eigenvalue weighted by Gasteiger charge is 2.20. The minimum Gasteiger partial charge on any atom is -0.497 e. The van der Waals surface area contributed by atoms with E-state index in [0.29, 0.717) is 0 Å². The van der Waals surface area contributed by atoms with E-state index in [0.717, 1.165) is 18.2 Å². The lowest BCUT2D eigenvalue weighted by Crippen LogP contribution is -2.47. The number of methoxy groups -OCH3 is 1. The molecule has 1 aromatic rings. The van der Waals surface area contributed by atoms with E-state index in [1.54, 1.807) is 7.11 Å². The number of allylic oxidation sites excluding steroid dienone is 2. The Morgan fingerprint density at radius 2 is 1.91 bits per heavy atom. The van der Waals surface area contributed by atoms with E-state index < -0.39 is 0 Å². The average molecular weight is 300 g/mol. The molecule has 0 spiro atoms. The van der Waals surface area contributed by atoms with Crippen molar-refractivity contribution in [3.8, 4) is 5.75 Å². The zero-order valence-electron chi connectivity index (χ0n) is 13.7. The fourth-order valence-electron chi connectivity index (χ4n) is 3.55. The van der Waals surface area contributed by atoms with E-state index in [2.05, 4.69) is 40.2 Å². The van der Waals surface area contributed by atoms with Gasteiger partial charge >= 0.3 is 0 Å². The van der Waals surface area contributed by atoms with Crippen molar-refractivity contribution in [2.75, 3.05) is 39.8 Å². The van der Waals surface area contributed by atoms with Crippen LogP contribution in [0.2, 0.25) is 0 Å². The number of ether oxygens (including phenoxy) is 1. The molecular weight excluding hydrogens is 272 g/mol. The Kier molecular flexibility index (Phi) is 5.52. The summed E-state index contributed by atoms with van der Waals surface area (Å²) >= 11 is 0. The van der Waals surface area contributed by atoms with Gasteiger partial charge in [-0.05, 0) is 42.9 Å². The van der Waals surface area contributed by atoms with Gasteiger partial charge in [0.05, 0.1) is 7.11 Å². The number of hydrogen-bond acceptors (Lipinski definition) is 3. The predicted octanol–water partition coefficient (Wildman–Crippen LogP) is 3.17. The molecule has 3 nitrogen and oxygen atoms in total. The van der Waals surface area contributed by atoms with Crippen LogP contribution < -0.4 is 4.74 Å². The normalized spacial score (nSPS) is 23.6. The van der Waals surface area contributed by atoms with Crippen LogP contribution in [0, 0.1) is 5.92 Å². The lowest BCUT2D eigenvalue weighted by molar-refractivity contribution is 0.111. The van der Waals surface area contributed by atoms with Gasteiger partial charge in [0.25, 0.3) is 0 Å². The van der Waals surface area contributed by atoms with E-state index in [1.807, 2.05) is 6.07 Å². The molecular formula is C19H28N2O.